The number of aliphatic carboxylic acids is 1. The first-order chi connectivity index (χ1) is 12.0. The van der Waals surface area contributed by atoms with Gasteiger partial charge in [-0.15, -0.1) is 0 Å². The second-order valence-electron chi connectivity index (χ2n) is 5.87. The molecule has 0 saturated heterocycles. The van der Waals surface area contributed by atoms with Crippen molar-refractivity contribution in [2.24, 2.45) is 11.0 Å². The number of rotatable bonds is 9. The Morgan fingerprint density at radius 3 is 2.52 bits per heavy atom. The largest absolute Gasteiger partial charge is 0.481 e. The summed E-state index contributed by atoms with van der Waals surface area (Å²) < 4.78 is 0. The lowest BCUT2D eigenvalue weighted by atomic mass is 10.1. The van der Waals surface area contributed by atoms with Gasteiger partial charge in [0.05, 0.1) is 6.42 Å². The van der Waals surface area contributed by atoms with Crippen LogP contribution >= 0.6 is 0 Å². The summed E-state index contributed by atoms with van der Waals surface area (Å²) in [5.74, 6) is -1.35. The molecule has 3 N–H and O–H groups in total. The maximum atomic E-state index is 12.2. The number of benzene rings is 1. The van der Waals surface area contributed by atoms with Crippen LogP contribution in [0.2, 0.25) is 0 Å². The molecule has 0 aromatic heterocycles. The molecule has 0 aliphatic heterocycles. The van der Waals surface area contributed by atoms with E-state index in [1.54, 1.807) is 24.3 Å². The zero-order valence-corrected chi connectivity index (χ0v) is 13.5. The predicted molar refractivity (Wildman–Crippen MR) is 88.5 cm³/mol. The van der Waals surface area contributed by atoms with Crippen molar-refractivity contribution < 1.29 is 19.5 Å². The van der Waals surface area contributed by atoms with Gasteiger partial charge in [0.15, 0.2) is 0 Å². The molecule has 0 bridgehead atoms. The van der Waals surface area contributed by atoms with Crippen LogP contribution < -0.4 is 10.6 Å². The molecular formula is C16H19N5O4. The van der Waals surface area contributed by atoms with Gasteiger partial charge >= 0.3 is 5.97 Å². The molecule has 132 valence electrons. The van der Waals surface area contributed by atoms with Gasteiger partial charge in [-0.1, -0.05) is 17.2 Å². The second-order valence-corrected chi connectivity index (χ2v) is 5.87. The molecule has 2 rings (SSSR count). The number of nitrogens with zero attached hydrogens (tertiary/aromatic N) is 3. The molecule has 25 heavy (non-hydrogen) atoms. The Morgan fingerprint density at radius 2 is 1.96 bits per heavy atom. The minimum absolute atomic E-state index is 0.0522. The van der Waals surface area contributed by atoms with Gasteiger partial charge in [0.25, 0.3) is 5.91 Å². The number of carboxylic acid groups (broad SMARTS) is 1. The lowest BCUT2D eigenvalue weighted by Gasteiger charge is -2.14. The third-order valence-corrected chi connectivity index (χ3v) is 3.75. The third-order valence-electron chi connectivity index (χ3n) is 3.75. The standard InChI is InChI=1S/C16H19N5O4/c17-21-19-9-13(7-14(22)23)20-16(25)12-3-1-10(2-4-12)8-18-15(24)11-5-6-11/h1-4,11,13H,5-9H2,(H,18,24)(H,20,25)(H,22,23)/t13-/m0/s1. The number of carboxylic acids is 1. The van der Waals surface area contributed by atoms with Crippen molar-refractivity contribution in [3.63, 3.8) is 0 Å². The SMILES string of the molecule is [N-]=[N+]=NC[C@H](CC(=O)O)NC(=O)c1ccc(CNC(=O)C2CC2)cc1. The van der Waals surface area contributed by atoms with Crippen LogP contribution in [0, 0.1) is 5.92 Å². The van der Waals surface area contributed by atoms with E-state index in [9.17, 15) is 14.4 Å². The van der Waals surface area contributed by atoms with Crippen LogP contribution in [0.5, 0.6) is 0 Å². The van der Waals surface area contributed by atoms with Crippen molar-refractivity contribution >= 4 is 17.8 Å². The molecule has 0 spiro atoms. The summed E-state index contributed by atoms with van der Waals surface area (Å²) in [4.78, 5) is 37.1. The number of nitrogens with one attached hydrogen (secondary N) is 2. The maximum Gasteiger partial charge on any atom is 0.305 e. The van der Waals surface area contributed by atoms with Crippen molar-refractivity contribution in [3.05, 3.63) is 45.8 Å². The van der Waals surface area contributed by atoms with Crippen molar-refractivity contribution in [3.8, 4) is 0 Å². The van der Waals surface area contributed by atoms with Gasteiger partial charge in [-0.05, 0) is 36.1 Å². The predicted octanol–water partition coefficient (Wildman–Crippen LogP) is 1.60. The molecule has 1 aromatic carbocycles. The van der Waals surface area contributed by atoms with E-state index in [0.29, 0.717) is 12.1 Å². The Balaban J connectivity index is 1.89. The normalized spacial score (nSPS) is 14.1. The van der Waals surface area contributed by atoms with Gasteiger partial charge in [-0.25, -0.2) is 0 Å². The van der Waals surface area contributed by atoms with Gasteiger partial charge in [0, 0.05) is 35.5 Å². The second kappa shape index (κ2) is 8.70. The van der Waals surface area contributed by atoms with Crippen LogP contribution in [0.1, 0.15) is 35.2 Å². The first-order valence-electron chi connectivity index (χ1n) is 7.89. The zero-order chi connectivity index (χ0) is 18.2. The van der Waals surface area contributed by atoms with Gasteiger partial charge in [0.2, 0.25) is 5.91 Å². The van der Waals surface area contributed by atoms with Gasteiger partial charge in [0.1, 0.15) is 0 Å². The summed E-state index contributed by atoms with van der Waals surface area (Å²) in [5.41, 5.74) is 9.54. The molecule has 0 heterocycles. The third kappa shape index (κ3) is 6.15. The number of hydrogen-bond donors (Lipinski definition) is 3. The average molecular weight is 345 g/mol. The Hall–Kier alpha value is -3.06. The van der Waals surface area contributed by atoms with Crippen LogP contribution in [-0.4, -0.2) is 35.5 Å². The highest BCUT2D eigenvalue weighted by Gasteiger charge is 2.29. The van der Waals surface area contributed by atoms with Gasteiger partial charge in [-0.3, -0.25) is 14.4 Å². The summed E-state index contributed by atoms with van der Waals surface area (Å²) >= 11 is 0. The minimum atomic E-state index is -1.10. The molecule has 9 heteroatoms. The summed E-state index contributed by atoms with van der Waals surface area (Å²) in [6, 6.07) is 5.86. The van der Waals surface area contributed by atoms with Gasteiger partial charge in [-0.2, -0.15) is 0 Å². The quantitative estimate of drug-likeness (QED) is 0.354. The van der Waals surface area contributed by atoms with Gasteiger partial charge < -0.3 is 15.7 Å². The summed E-state index contributed by atoms with van der Waals surface area (Å²) in [6.45, 7) is 0.260. The number of carbonyl (C=O) groups excluding carboxylic acids is 2. The summed E-state index contributed by atoms with van der Waals surface area (Å²) in [7, 11) is 0. The molecule has 0 unspecified atom stereocenters. The molecule has 1 saturated carbocycles. The molecule has 9 nitrogen and oxygen atoms in total. The molecule has 1 aliphatic carbocycles. The fourth-order valence-corrected chi connectivity index (χ4v) is 2.23. The summed E-state index contributed by atoms with van der Waals surface area (Å²) in [5, 5.41) is 17.5. The van der Waals surface area contributed by atoms with Crippen LogP contribution in [0.25, 0.3) is 10.4 Å². The molecule has 2 amide bonds. The fourth-order valence-electron chi connectivity index (χ4n) is 2.23. The first kappa shape index (κ1) is 18.3. The Morgan fingerprint density at radius 1 is 1.28 bits per heavy atom. The smallest absolute Gasteiger partial charge is 0.305 e. The van der Waals surface area contributed by atoms with E-state index in [0.717, 1.165) is 18.4 Å². The van der Waals surface area contributed by atoms with Crippen molar-refractivity contribution in [2.45, 2.75) is 31.8 Å². The topological polar surface area (TPSA) is 144 Å². The highest BCUT2D eigenvalue weighted by Crippen LogP contribution is 2.28. The molecular weight excluding hydrogens is 326 g/mol. The van der Waals surface area contributed by atoms with Crippen LogP contribution in [0.15, 0.2) is 29.4 Å². The van der Waals surface area contributed by atoms with Crippen molar-refractivity contribution in [2.75, 3.05) is 6.54 Å². The number of carbonyl (C=O) groups is 3. The Kier molecular flexibility index (Phi) is 6.36. The first-order valence-corrected chi connectivity index (χ1v) is 7.89. The number of azide groups is 1. The number of amides is 2. The minimum Gasteiger partial charge on any atom is -0.481 e. The van der Waals surface area contributed by atoms with Crippen LogP contribution in [-0.2, 0) is 16.1 Å². The zero-order valence-electron chi connectivity index (χ0n) is 13.5. The molecule has 1 aromatic rings. The van der Waals surface area contributed by atoms with Crippen molar-refractivity contribution in [1.82, 2.24) is 10.6 Å². The van der Waals surface area contributed by atoms with Crippen molar-refractivity contribution in [1.29, 1.82) is 0 Å². The van der Waals surface area contributed by atoms with E-state index in [4.69, 9.17) is 10.6 Å². The lowest BCUT2D eigenvalue weighted by molar-refractivity contribution is -0.137. The highest BCUT2D eigenvalue weighted by atomic mass is 16.4. The van der Waals surface area contributed by atoms with E-state index in [1.807, 2.05) is 0 Å². The van der Waals surface area contributed by atoms with Crippen LogP contribution in [0.4, 0.5) is 0 Å². The fraction of sp³-hybridized carbons (Fsp3) is 0.438. The molecule has 1 atom stereocenters. The Bertz CT molecular complexity index is 689. The van der Waals surface area contributed by atoms with E-state index in [-0.39, 0.29) is 24.8 Å². The number of hydrogen-bond acceptors (Lipinski definition) is 4. The molecule has 1 aliphatic rings. The summed E-state index contributed by atoms with van der Waals surface area (Å²) in [6.07, 6.45) is 1.55. The van der Waals surface area contributed by atoms with E-state index < -0.39 is 17.9 Å². The Labute approximate surface area is 144 Å². The molecule has 0 radical (unpaired) electrons. The van der Waals surface area contributed by atoms with E-state index in [2.05, 4.69) is 20.7 Å². The highest BCUT2D eigenvalue weighted by molar-refractivity contribution is 5.94. The van der Waals surface area contributed by atoms with E-state index in [1.165, 1.54) is 0 Å². The van der Waals surface area contributed by atoms with Crippen LogP contribution in [0.3, 0.4) is 0 Å². The average Bonchev–Trinajstić information content (AvgIpc) is 3.42. The monoisotopic (exact) mass is 345 g/mol. The lowest BCUT2D eigenvalue weighted by Crippen LogP contribution is -2.38. The molecule has 1 fully saturated rings. The van der Waals surface area contributed by atoms with E-state index >= 15 is 0 Å². The maximum absolute atomic E-state index is 12.2.